The zero-order valence-corrected chi connectivity index (χ0v) is 15.5. The SMILES string of the molecule is Cc1c(Br)c2c(c(C)c1NC(=O)[O-])C(N1CCCC1)C(C)(C)O2. The highest BCUT2D eigenvalue weighted by atomic mass is 79.9. The van der Waals surface area contributed by atoms with Gasteiger partial charge < -0.3 is 20.0 Å². The van der Waals surface area contributed by atoms with Gasteiger partial charge in [-0.05, 0) is 80.7 Å². The minimum Gasteiger partial charge on any atom is -0.530 e. The molecule has 0 bridgehead atoms. The lowest BCUT2D eigenvalue weighted by molar-refractivity contribution is -0.242. The van der Waals surface area contributed by atoms with E-state index in [0.29, 0.717) is 5.69 Å². The summed E-state index contributed by atoms with van der Waals surface area (Å²) in [6.07, 6.45) is 1.09. The van der Waals surface area contributed by atoms with E-state index >= 15 is 0 Å². The van der Waals surface area contributed by atoms with Crippen molar-refractivity contribution in [1.29, 1.82) is 0 Å². The second-order valence-corrected chi connectivity index (χ2v) is 7.74. The maximum atomic E-state index is 11.1. The molecule has 2 heterocycles. The number of halogens is 1. The molecule has 3 rings (SSSR count). The molecular formula is C17H22BrN2O3-. The number of rotatable bonds is 2. The molecule has 2 aliphatic rings. The van der Waals surface area contributed by atoms with E-state index in [0.717, 1.165) is 40.0 Å². The van der Waals surface area contributed by atoms with Crippen molar-refractivity contribution in [2.45, 2.75) is 52.2 Å². The summed E-state index contributed by atoms with van der Waals surface area (Å²) in [7, 11) is 0. The van der Waals surface area contributed by atoms with Crippen molar-refractivity contribution >= 4 is 27.7 Å². The van der Waals surface area contributed by atoms with Crippen molar-refractivity contribution in [1.82, 2.24) is 4.90 Å². The highest BCUT2D eigenvalue weighted by Gasteiger charge is 2.47. The summed E-state index contributed by atoms with van der Waals surface area (Å²) in [4.78, 5) is 13.5. The number of hydrogen-bond donors (Lipinski definition) is 1. The molecular weight excluding hydrogens is 360 g/mol. The second-order valence-electron chi connectivity index (χ2n) is 6.95. The zero-order chi connectivity index (χ0) is 16.9. The smallest absolute Gasteiger partial charge is 0.140 e. The van der Waals surface area contributed by atoms with Gasteiger partial charge >= 0.3 is 0 Å². The summed E-state index contributed by atoms with van der Waals surface area (Å²) < 4.78 is 7.11. The van der Waals surface area contributed by atoms with E-state index in [-0.39, 0.29) is 11.6 Å². The van der Waals surface area contributed by atoms with Gasteiger partial charge in [0.25, 0.3) is 0 Å². The molecule has 5 nitrogen and oxygen atoms in total. The summed E-state index contributed by atoms with van der Waals surface area (Å²) >= 11 is 3.60. The first-order valence-corrected chi connectivity index (χ1v) is 8.77. The third-order valence-electron chi connectivity index (χ3n) is 4.96. The largest absolute Gasteiger partial charge is 0.530 e. The van der Waals surface area contributed by atoms with Gasteiger partial charge in [-0.3, -0.25) is 4.90 Å². The van der Waals surface area contributed by atoms with Crippen LogP contribution in [-0.2, 0) is 0 Å². The number of amides is 1. The van der Waals surface area contributed by atoms with Crippen LogP contribution in [0.2, 0.25) is 0 Å². The van der Waals surface area contributed by atoms with Gasteiger partial charge in [0, 0.05) is 11.3 Å². The number of hydrogen-bond acceptors (Lipinski definition) is 4. The van der Waals surface area contributed by atoms with E-state index < -0.39 is 6.09 Å². The van der Waals surface area contributed by atoms with Gasteiger partial charge in [-0.15, -0.1) is 0 Å². The number of fused-ring (bicyclic) bond motifs is 1. The number of likely N-dealkylation sites (tertiary alicyclic amines) is 1. The number of ether oxygens (including phenoxy) is 1. The molecule has 1 amide bonds. The molecule has 0 saturated carbocycles. The van der Waals surface area contributed by atoms with E-state index in [1.807, 2.05) is 13.8 Å². The van der Waals surface area contributed by atoms with Crippen LogP contribution >= 0.6 is 15.9 Å². The highest BCUT2D eigenvalue weighted by Crippen LogP contribution is 2.54. The first-order valence-electron chi connectivity index (χ1n) is 7.97. The van der Waals surface area contributed by atoms with Crippen LogP contribution in [0.15, 0.2) is 4.47 Å². The molecule has 2 aliphatic heterocycles. The topological polar surface area (TPSA) is 64.6 Å². The van der Waals surface area contributed by atoms with Crippen molar-refractivity contribution in [2.24, 2.45) is 0 Å². The quantitative estimate of drug-likeness (QED) is 0.854. The maximum absolute atomic E-state index is 11.1. The summed E-state index contributed by atoms with van der Waals surface area (Å²) in [5.41, 5.74) is 3.07. The number of carbonyl (C=O) groups excluding carboxylic acids is 1. The van der Waals surface area contributed by atoms with E-state index in [1.165, 1.54) is 12.8 Å². The average molecular weight is 382 g/mol. The van der Waals surface area contributed by atoms with Gasteiger partial charge in [0.15, 0.2) is 0 Å². The first kappa shape index (κ1) is 16.6. The third kappa shape index (κ3) is 2.62. The number of carboxylic acid groups (broad SMARTS) is 1. The summed E-state index contributed by atoms with van der Waals surface area (Å²) in [5, 5.41) is 13.5. The lowest BCUT2D eigenvalue weighted by Gasteiger charge is -2.34. The summed E-state index contributed by atoms with van der Waals surface area (Å²) in [6, 6.07) is 0.124. The number of carbonyl (C=O) groups is 1. The predicted molar refractivity (Wildman–Crippen MR) is 90.9 cm³/mol. The van der Waals surface area contributed by atoms with Crippen molar-refractivity contribution in [3.8, 4) is 5.75 Å². The molecule has 1 aromatic rings. The molecule has 1 unspecified atom stereocenters. The Kier molecular flexibility index (Phi) is 4.09. The van der Waals surface area contributed by atoms with Crippen LogP contribution in [-0.4, -0.2) is 29.7 Å². The van der Waals surface area contributed by atoms with Gasteiger partial charge in [0.1, 0.15) is 17.4 Å². The van der Waals surface area contributed by atoms with Crippen LogP contribution in [0.4, 0.5) is 10.5 Å². The lowest BCUT2D eigenvalue weighted by Crippen LogP contribution is -2.41. The minimum atomic E-state index is -1.29. The Bertz CT molecular complexity index is 667. The van der Waals surface area contributed by atoms with Crippen molar-refractivity contribution in [2.75, 3.05) is 18.4 Å². The van der Waals surface area contributed by atoms with Crippen molar-refractivity contribution in [3.05, 3.63) is 21.2 Å². The number of nitrogens with one attached hydrogen (secondary N) is 1. The number of nitrogens with zero attached hydrogens (tertiary/aromatic N) is 1. The Morgan fingerprint density at radius 3 is 2.48 bits per heavy atom. The van der Waals surface area contributed by atoms with E-state index in [4.69, 9.17) is 4.74 Å². The zero-order valence-electron chi connectivity index (χ0n) is 14.0. The van der Waals surface area contributed by atoms with Gasteiger partial charge in [-0.2, -0.15) is 0 Å². The Hall–Kier alpha value is -1.27. The van der Waals surface area contributed by atoms with Crippen LogP contribution in [0.3, 0.4) is 0 Å². The molecule has 0 aliphatic carbocycles. The molecule has 1 fully saturated rings. The first-order chi connectivity index (χ1) is 10.7. The molecule has 0 radical (unpaired) electrons. The molecule has 126 valence electrons. The van der Waals surface area contributed by atoms with Gasteiger partial charge in [0.2, 0.25) is 0 Å². The molecule has 0 spiro atoms. The molecule has 1 atom stereocenters. The number of anilines is 1. The lowest BCUT2D eigenvalue weighted by atomic mass is 9.88. The van der Waals surface area contributed by atoms with Gasteiger partial charge in [-0.1, -0.05) is 0 Å². The molecule has 6 heteroatoms. The van der Waals surface area contributed by atoms with Gasteiger partial charge in [-0.25, -0.2) is 0 Å². The number of benzene rings is 1. The molecule has 1 saturated heterocycles. The predicted octanol–water partition coefficient (Wildman–Crippen LogP) is 3.13. The van der Waals surface area contributed by atoms with Crippen LogP contribution in [0.5, 0.6) is 5.75 Å². The maximum Gasteiger partial charge on any atom is 0.140 e. The molecule has 1 aromatic carbocycles. The summed E-state index contributed by atoms with van der Waals surface area (Å²) in [6.45, 7) is 10.1. The third-order valence-corrected chi connectivity index (χ3v) is 5.91. The normalized spacial score (nSPS) is 22.7. The molecule has 1 N–H and O–H groups in total. The minimum absolute atomic E-state index is 0.124. The fourth-order valence-electron chi connectivity index (χ4n) is 3.99. The van der Waals surface area contributed by atoms with E-state index in [9.17, 15) is 9.90 Å². The summed E-state index contributed by atoms with van der Waals surface area (Å²) in [5.74, 6) is 0.839. The van der Waals surface area contributed by atoms with Crippen molar-refractivity contribution in [3.63, 3.8) is 0 Å². The van der Waals surface area contributed by atoms with Crippen molar-refractivity contribution < 1.29 is 14.6 Å². The second kappa shape index (κ2) is 5.67. The van der Waals surface area contributed by atoms with Gasteiger partial charge in [0.05, 0.1) is 10.5 Å². The van der Waals surface area contributed by atoms with Crippen LogP contribution in [0.1, 0.15) is 49.4 Å². The van der Waals surface area contributed by atoms with Crippen LogP contribution in [0.25, 0.3) is 0 Å². The molecule has 23 heavy (non-hydrogen) atoms. The fourth-order valence-corrected chi connectivity index (χ4v) is 4.48. The fraction of sp³-hybridized carbons (Fsp3) is 0.588. The monoisotopic (exact) mass is 381 g/mol. The van der Waals surface area contributed by atoms with Crippen LogP contribution in [0, 0.1) is 13.8 Å². The Labute approximate surface area is 145 Å². The van der Waals surface area contributed by atoms with E-state index in [2.05, 4.69) is 40.0 Å². The Balaban J connectivity index is 2.19. The Morgan fingerprint density at radius 2 is 1.91 bits per heavy atom. The molecule has 0 aromatic heterocycles. The average Bonchev–Trinajstić information content (AvgIpc) is 3.06. The van der Waals surface area contributed by atoms with E-state index in [1.54, 1.807) is 0 Å². The standard InChI is InChI=1S/C17H23BrN2O3/c1-9-11-14(12(18)10(2)13(9)19-16(21)22)23-17(3,4)15(11)20-7-5-6-8-20/h15,19H,5-8H2,1-4H3,(H,21,22)/p-1. The highest BCUT2D eigenvalue weighted by molar-refractivity contribution is 9.10. The Morgan fingerprint density at radius 1 is 1.30 bits per heavy atom. The van der Waals surface area contributed by atoms with Crippen LogP contribution < -0.4 is 15.2 Å².